The summed E-state index contributed by atoms with van der Waals surface area (Å²) >= 11 is 0. The average molecular weight is 391 g/mol. The van der Waals surface area contributed by atoms with Gasteiger partial charge in [0.25, 0.3) is 0 Å². The van der Waals surface area contributed by atoms with E-state index >= 15 is 0 Å². The SMILES string of the molecule is C[C@]12CCC3c4ccc(O)c(C=O)c4CCC3C1CC[C@@]2(O)Cc1ccccc1. The minimum Gasteiger partial charge on any atom is -0.507 e. The van der Waals surface area contributed by atoms with Crippen LogP contribution in [-0.4, -0.2) is 22.1 Å². The zero-order valence-corrected chi connectivity index (χ0v) is 17.1. The lowest BCUT2D eigenvalue weighted by Gasteiger charge is -2.53. The summed E-state index contributed by atoms with van der Waals surface area (Å²) in [4.78, 5) is 11.6. The predicted octanol–water partition coefficient (Wildman–Crippen LogP) is 5.03. The molecule has 0 heterocycles. The van der Waals surface area contributed by atoms with Crippen molar-refractivity contribution >= 4 is 6.29 Å². The topological polar surface area (TPSA) is 57.5 Å². The summed E-state index contributed by atoms with van der Waals surface area (Å²) in [5, 5.41) is 21.9. The maximum atomic E-state index is 11.8. The fourth-order valence-electron chi connectivity index (χ4n) is 7.15. The molecule has 2 aromatic carbocycles. The summed E-state index contributed by atoms with van der Waals surface area (Å²) in [7, 11) is 0. The third-order valence-corrected chi connectivity index (χ3v) is 8.71. The number of carbonyl (C=O) groups excluding carboxylic acids is 1. The lowest BCUT2D eigenvalue weighted by atomic mass is 9.52. The molecule has 2 saturated carbocycles. The summed E-state index contributed by atoms with van der Waals surface area (Å²) in [6, 6.07) is 14.1. The van der Waals surface area contributed by atoms with Crippen molar-refractivity contribution in [3.8, 4) is 5.75 Å². The molecule has 0 amide bonds. The van der Waals surface area contributed by atoms with Crippen molar-refractivity contribution in [3.05, 3.63) is 64.7 Å². The molecule has 0 spiro atoms. The maximum Gasteiger partial charge on any atom is 0.154 e. The summed E-state index contributed by atoms with van der Waals surface area (Å²) in [6.45, 7) is 2.33. The zero-order chi connectivity index (χ0) is 20.2. The van der Waals surface area contributed by atoms with Crippen LogP contribution < -0.4 is 0 Å². The lowest BCUT2D eigenvalue weighted by Crippen LogP contribution is -2.51. The van der Waals surface area contributed by atoms with Gasteiger partial charge in [0.1, 0.15) is 5.75 Å². The number of aldehydes is 1. The van der Waals surface area contributed by atoms with E-state index in [0.717, 1.165) is 56.8 Å². The lowest BCUT2D eigenvalue weighted by molar-refractivity contribution is -0.102. The van der Waals surface area contributed by atoms with Gasteiger partial charge in [-0.2, -0.15) is 0 Å². The van der Waals surface area contributed by atoms with Crippen molar-refractivity contribution in [3.63, 3.8) is 0 Å². The van der Waals surface area contributed by atoms with Crippen molar-refractivity contribution in [1.29, 1.82) is 0 Å². The Labute approximate surface area is 172 Å². The summed E-state index contributed by atoms with van der Waals surface area (Å²) in [5.41, 5.74) is 3.32. The van der Waals surface area contributed by atoms with E-state index in [9.17, 15) is 15.0 Å². The zero-order valence-electron chi connectivity index (χ0n) is 17.1. The molecule has 5 rings (SSSR count). The molecule has 3 aliphatic carbocycles. The smallest absolute Gasteiger partial charge is 0.154 e. The van der Waals surface area contributed by atoms with Crippen LogP contribution in [0.3, 0.4) is 0 Å². The average Bonchev–Trinajstić information content (AvgIpc) is 2.99. The first-order valence-electron chi connectivity index (χ1n) is 11.0. The Morgan fingerprint density at radius 3 is 2.62 bits per heavy atom. The molecular formula is C26H30O3. The fourth-order valence-corrected chi connectivity index (χ4v) is 7.15. The van der Waals surface area contributed by atoms with Crippen LogP contribution in [0.1, 0.15) is 72.0 Å². The summed E-state index contributed by atoms with van der Waals surface area (Å²) in [5.74, 6) is 1.61. The second-order valence-corrected chi connectivity index (χ2v) is 9.79. The van der Waals surface area contributed by atoms with Crippen molar-refractivity contribution < 1.29 is 15.0 Å². The standard InChI is InChI=1S/C26H30O3/c1-25-13-11-20-18-9-10-24(28)22(16-27)19(18)7-8-21(20)23(25)12-14-26(25,29)15-17-5-3-2-4-6-17/h2-6,9-10,16,20-21,23,28-29H,7-8,11-15H2,1H3/t20?,21?,23?,25-,26+/m0/s1. The quantitative estimate of drug-likeness (QED) is 0.722. The number of carbonyl (C=O) groups is 1. The molecule has 0 aliphatic heterocycles. The molecule has 0 radical (unpaired) electrons. The summed E-state index contributed by atoms with van der Waals surface area (Å²) < 4.78 is 0. The van der Waals surface area contributed by atoms with Gasteiger partial charge in [0.2, 0.25) is 0 Å². The highest BCUT2D eigenvalue weighted by Gasteiger charge is 2.61. The van der Waals surface area contributed by atoms with Crippen LogP contribution in [0.25, 0.3) is 0 Å². The number of benzene rings is 2. The number of hydrogen-bond donors (Lipinski definition) is 2. The van der Waals surface area contributed by atoms with Crippen LogP contribution in [0.5, 0.6) is 5.75 Å². The molecule has 2 aromatic rings. The Hall–Kier alpha value is -2.13. The van der Waals surface area contributed by atoms with Gasteiger partial charge in [-0.15, -0.1) is 0 Å². The van der Waals surface area contributed by atoms with Crippen LogP contribution in [0.2, 0.25) is 0 Å². The molecule has 3 aliphatic rings. The minimum atomic E-state index is -0.646. The first kappa shape index (κ1) is 18.9. The predicted molar refractivity (Wildman–Crippen MR) is 113 cm³/mol. The van der Waals surface area contributed by atoms with Gasteiger partial charge in [-0.25, -0.2) is 0 Å². The van der Waals surface area contributed by atoms with E-state index in [4.69, 9.17) is 0 Å². The molecule has 2 N–H and O–H groups in total. The van der Waals surface area contributed by atoms with Gasteiger partial charge in [0.05, 0.1) is 11.2 Å². The highest BCUT2D eigenvalue weighted by atomic mass is 16.3. The second kappa shape index (κ2) is 6.70. The van der Waals surface area contributed by atoms with Crippen molar-refractivity contribution in [2.75, 3.05) is 0 Å². The number of aromatic hydroxyl groups is 1. The Bertz CT molecular complexity index is 936. The van der Waals surface area contributed by atoms with Gasteiger partial charge in [-0.05, 0) is 84.5 Å². The van der Waals surface area contributed by atoms with E-state index in [1.807, 2.05) is 12.1 Å². The largest absolute Gasteiger partial charge is 0.507 e. The second-order valence-electron chi connectivity index (χ2n) is 9.79. The monoisotopic (exact) mass is 390 g/mol. The van der Waals surface area contributed by atoms with Crippen molar-refractivity contribution in [2.24, 2.45) is 17.3 Å². The van der Waals surface area contributed by atoms with E-state index in [2.05, 4.69) is 31.2 Å². The summed E-state index contributed by atoms with van der Waals surface area (Å²) in [6.07, 6.45) is 7.45. The maximum absolute atomic E-state index is 11.8. The van der Waals surface area contributed by atoms with E-state index in [1.165, 1.54) is 11.1 Å². The molecule has 29 heavy (non-hydrogen) atoms. The molecular weight excluding hydrogens is 360 g/mol. The van der Waals surface area contributed by atoms with E-state index in [1.54, 1.807) is 6.07 Å². The van der Waals surface area contributed by atoms with Crippen LogP contribution in [0.15, 0.2) is 42.5 Å². The highest BCUT2D eigenvalue weighted by molar-refractivity contribution is 5.82. The number of rotatable bonds is 3. The van der Waals surface area contributed by atoms with Gasteiger partial charge in [-0.3, -0.25) is 4.79 Å². The Kier molecular flexibility index (Phi) is 4.36. The van der Waals surface area contributed by atoms with Gasteiger partial charge < -0.3 is 10.2 Å². The van der Waals surface area contributed by atoms with Gasteiger partial charge in [0.15, 0.2) is 6.29 Å². The van der Waals surface area contributed by atoms with Crippen molar-refractivity contribution in [2.45, 2.75) is 63.4 Å². The highest BCUT2D eigenvalue weighted by Crippen LogP contribution is 2.65. The van der Waals surface area contributed by atoms with Gasteiger partial charge in [0, 0.05) is 6.42 Å². The Morgan fingerprint density at radius 2 is 1.86 bits per heavy atom. The third-order valence-electron chi connectivity index (χ3n) is 8.71. The molecule has 0 bridgehead atoms. The molecule has 152 valence electrons. The van der Waals surface area contributed by atoms with Crippen LogP contribution in [-0.2, 0) is 12.8 Å². The molecule has 0 saturated heterocycles. The van der Waals surface area contributed by atoms with Crippen LogP contribution in [0, 0.1) is 17.3 Å². The number of hydrogen-bond acceptors (Lipinski definition) is 3. The van der Waals surface area contributed by atoms with E-state index in [-0.39, 0.29) is 11.2 Å². The van der Waals surface area contributed by atoms with E-state index in [0.29, 0.717) is 23.3 Å². The molecule has 5 atom stereocenters. The van der Waals surface area contributed by atoms with E-state index < -0.39 is 5.60 Å². The van der Waals surface area contributed by atoms with Crippen LogP contribution >= 0.6 is 0 Å². The fraction of sp³-hybridized carbons (Fsp3) is 0.500. The molecule has 0 aromatic heterocycles. The number of phenols is 1. The Morgan fingerprint density at radius 1 is 1.07 bits per heavy atom. The minimum absolute atomic E-state index is 0.0636. The van der Waals surface area contributed by atoms with Crippen molar-refractivity contribution in [1.82, 2.24) is 0 Å². The number of aliphatic hydroxyl groups is 1. The molecule has 3 nitrogen and oxygen atoms in total. The molecule has 3 heteroatoms. The van der Waals surface area contributed by atoms with Gasteiger partial charge in [-0.1, -0.05) is 43.3 Å². The number of fused-ring (bicyclic) bond motifs is 5. The third kappa shape index (κ3) is 2.70. The Balaban J connectivity index is 1.47. The molecule has 3 unspecified atom stereocenters. The number of phenolic OH excluding ortho intramolecular Hbond substituents is 1. The first-order valence-corrected chi connectivity index (χ1v) is 11.0. The normalized spacial score (nSPS) is 35.4. The molecule has 2 fully saturated rings. The first-order chi connectivity index (χ1) is 14.0. The van der Waals surface area contributed by atoms with Gasteiger partial charge >= 0.3 is 0 Å². The van der Waals surface area contributed by atoms with Crippen LogP contribution in [0.4, 0.5) is 0 Å².